The van der Waals surface area contributed by atoms with Crippen LogP contribution in [0.15, 0.2) is 0 Å². The van der Waals surface area contributed by atoms with Crippen molar-refractivity contribution in [2.24, 2.45) is 11.7 Å². The maximum absolute atomic E-state index is 11.9. The Morgan fingerprint density at radius 1 is 1.24 bits per heavy atom. The fourth-order valence-corrected chi connectivity index (χ4v) is 2.17. The lowest BCUT2D eigenvalue weighted by Gasteiger charge is -2.43. The maximum atomic E-state index is 11.9. The molecule has 17 heavy (non-hydrogen) atoms. The number of nitrogens with zero attached hydrogens (tertiary/aromatic N) is 2. The fourth-order valence-electron chi connectivity index (χ4n) is 2.17. The molecule has 1 heterocycles. The third kappa shape index (κ3) is 3.96. The number of rotatable bonds is 4. The number of nitrogens with two attached hydrogens (primary N) is 1. The molecule has 1 fully saturated rings. The van der Waals surface area contributed by atoms with E-state index < -0.39 is 0 Å². The molecular weight excluding hydrogens is 214 g/mol. The topological polar surface area (TPSA) is 49.6 Å². The van der Waals surface area contributed by atoms with E-state index in [0.29, 0.717) is 24.8 Å². The molecule has 1 saturated heterocycles. The molecule has 0 saturated carbocycles. The van der Waals surface area contributed by atoms with E-state index >= 15 is 0 Å². The number of hydrogen-bond acceptors (Lipinski definition) is 3. The number of piperazine rings is 1. The second-order valence-corrected chi connectivity index (χ2v) is 5.98. The number of hydrogen-bond donors (Lipinski definition) is 1. The first-order valence-corrected chi connectivity index (χ1v) is 6.59. The summed E-state index contributed by atoms with van der Waals surface area (Å²) in [6.45, 7) is 12.7. The van der Waals surface area contributed by atoms with Crippen molar-refractivity contribution in [1.29, 1.82) is 0 Å². The van der Waals surface area contributed by atoms with Crippen LogP contribution in [0.2, 0.25) is 0 Å². The molecule has 4 heteroatoms. The van der Waals surface area contributed by atoms with Gasteiger partial charge in [0.2, 0.25) is 5.91 Å². The fraction of sp³-hybridized carbons (Fsp3) is 0.923. The molecule has 4 nitrogen and oxygen atoms in total. The summed E-state index contributed by atoms with van der Waals surface area (Å²) in [5.41, 5.74) is 5.82. The van der Waals surface area contributed by atoms with E-state index in [1.165, 1.54) is 0 Å². The normalized spacial score (nSPS) is 18.8. The van der Waals surface area contributed by atoms with Crippen molar-refractivity contribution in [3.05, 3.63) is 0 Å². The summed E-state index contributed by atoms with van der Waals surface area (Å²) in [5.74, 6) is 0.742. The Morgan fingerprint density at radius 2 is 1.76 bits per heavy atom. The zero-order valence-corrected chi connectivity index (χ0v) is 11.7. The van der Waals surface area contributed by atoms with Crippen LogP contribution in [-0.2, 0) is 4.79 Å². The van der Waals surface area contributed by atoms with Crippen LogP contribution in [0.3, 0.4) is 0 Å². The lowest BCUT2D eigenvalue weighted by Crippen LogP contribution is -2.58. The van der Waals surface area contributed by atoms with Gasteiger partial charge < -0.3 is 10.6 Å². The predicted octanol–water partition coefficient (Wildman–Crippen LogP) is 0.914. The van der Waals surface area contributed by atoms with Gasteiger partial charge in [0.25, 0.3) is 0 Å². The molecule has 1 rings (SSSR count). The quantitative estimate of drug-likeness (QED) is 0.796. The molecule has 0 aliphatic carbocycles. The van der Waals surface area contributed by atoms with Gasteiger partial charge in [-0.15, -0.1) is 0 Å². The molecule has 100 valence electrons. The Labute approximate surface area is 105 Å². The average molecular weight is 241 g/mol. The predicted molar refractivity (Wildman–Crippen MR) is 70.7 cm³/mol. The standard InChI is InChI=1S/C13H27N3O/c1-11(2)9-12(17)15-5-7-16(8-6-15)13(3,4)10-14/h11H,5-10,14H2,1-4H3. The van der Waals surface area contributed by atoms with E-state index in [2.05, 4.69) is 32.6 Å². The van der Waals surface area contributed by atoms with Crippen LogP contribution in [0.4, 0.5) is 0 Å². The van der Waals surface area contributed by atoms with Crippen molar-refractivity contribution in [2.75, 3.05) is 32.7 Å². The first kappa shape index (κ1) is 14.5. The zero-order chi connectivity index (χ0) is 13.1. The zero-order valence-electron chi connectivity index (χ0n) is 11.7. The first-order valence-electron chi connectivity index (χ1n) is 6.59. The SMILES string of the molecule is CC(C)CC(=O)N1CCN(C(C)(C)CN)CC1. The van der Waals surface area contributed by atoms with Gasteiger partial charge in [-0.1, -0.05) is 13.8 Å². The average Bonchev–Trinajstić information content (AvgIpc) is 2.28. The van der Waals surface area contributed by atoms with Crippen molar-refractivity contribution < 1.29 is 4.79 Å². The van der Waals surface area contributed by atoms with Crippen LogP contribution in [0.25, 0.3) is 0 Å². The van der Waals surface area contributed by atoms with Crippen molar-refractivity contribution >= 4 is 5.91 Å². The molecule has 0 spiro atoms. The highest BCUT2D eigenvalue weighted by atomic mass is 16.2. The summed E-state index contributed by atoms with van der Waals surface area (Å²) in [5, 5.41) is 0. The van der Waals surface area contributed by atoms with Gasteiger partial charge >= 0.3 is 0 Å². The van der Waals surface area contributed by atoms with Crippen molar-refractivity contribution in [3.8, 4) is 0 Å². The van der Waals surface area contributed by atoms with Gasteiger partial charge in [-0.25, -0.2) is 0 Å². The van der Waals surface area contributed by atoms with Crippen LogP contribution < -0.4 is 5.73 Å². The second kappa shape index (κ2) is 5.83. The van der Waals surface area contributed by atoms with Gasteiger partial charge in [0.15, 0.2) is 0 Å². The van der Waals surface area contributed by atoms with Crippen molar-refractivity contribution in [3.63, 3.8) is 0 Å². The monoisotopic (exact) mass is 241 g/mol. The Morgan fingerprint density at radius 3 is 2.18 bits per heavy atom. The summed E-state index contributed by atoms with van der Waals surface area (Å²) < 4.78 is 0. The van der Waals surface area contributed by atoms with Crippen LogP contribution in [0.5, 0.6) is 0 Å². The summed E-state index contributed by atoms with van der Waals surface area (Å²) in [6.07, 6.45) is 0.667. The Bertz CT molecular complexity index is 255. The molecule has 0 radical (unpaired) electrons. The Balaban J connectivity index is 2.43. The number of carbonyl (C=O) groups is 1. The minimum atomic E-state index is 0.0488. The Kier molecular flexibility index (Phi) is 4.95. The number of amides is 1. The van der Waals surface area contributed by atoms with E-state index in [1.54, 1.807) is 0 Å². The van der Waals surface area contributed by atoms with Gasteiger partial charge in [-0.2, -0.15) is 0 Å². The van der Waals surface area contributed by atoms with E-state index in [0.717, 1.165) is 26.2 Å². The van der Waals surface area contributed by atoms with E-state index in [4.69, 9.17) is 5.73 Å². The molecule has 1 amide bonds. The molecule has 0 aromatic rings. The third-order valence-corrected chi connectivity index (χ3v) is 3.57. The summed E-state index contributed by atoms with van der Waals surface area (Å²) in [7, 11) is 0. The summed E-state index contributed by atoms with van der Waals surface area (Å²) in [6, 6.07) is 0. The minimum Gasteiger partial charge on any atom is -0.340 e. The lowest BCUT2D eigenvalue weighted by atomic mass is 10.0. The summed E-state index contributed by atoms with van der Waals surface area (Å²) in [4.78, 5) is 16.3. The lowest BCUT2D eigenvalue weighted by molar-refractivity contribution is -0.134. The molecular formula is C13H27N3O. The van der Waals surface area contributed by atoms with Crippen LogP contribution in [0, 0.1) is 5.92 Å². The largest absolute Gasteiger partial charge is 0.340 e. The van der Waals surface area contributed by atoms with Gasteiger partial charge in [0.1, 0.15) is 0 Å². The molecule has 0 bridgehead atoms. The molecule has 0 aromatic carbocycles. The van der Waals surface area contributed by atoms with Crippen LogP contribution in [-0.4, -0.2) is 54.0 Å². The molecule has 0 unspecified atom stereocenters. The highest BCUT2D eigenvalue weighted by molar-refractivity contribution is 5.76. The van der Waals surface area contributed by atoms with E-state index in [9.17, 15) is 4.79 Å². The smallest absolute Gasteiger partial charge is 0.222 e. The molecule has 2 N–H and O–H groups in total. The molecule has 0 aromatic heterocycles. The van der Waals surface area contributed by atoms with Crippen molar-refractivity contribution in [1.82, 2.24) is 9.80 Å². The minimum absolute atomic E-state index is 0.0488. The Hall–Kier alpha value is -0.610. The summed E-state index contributed by atoms with van der Waals surface area (Å²) >= 11 is 0. The van der Waals surface area contributed by atoms with E-state index in [1.807, 2.05) is 4.90 Å². The van der Waals surface area contributed by atoms with Crippen LogP contribution >= 0.6 is 0 Å². The second-order valence-electron chi connectivity index (χ2n) is 5.98. The van der Waals surface area contributed by atoms with Gasteiger partial charge in [0.05, 0.1) is 0 Å². The highest BCUT2D eigenvalue weighted by Gasteiger charge is 2.29. The third-order valence-electron chi connectivity index (χ3n) is 3.57. The molecule has 0 atom stereocenters. The molecule has 1 aliphatic heterocycles. The van der Waals surface area contributed by atoms with Gasteiger partial charge in [-0.05, 0) is 19.8 Å². The maximum Gasteiger partial charge on any atom is 0.222 e. The highest BCUT2D eigenvalue weighted by Crippen LogP contribution is 2.16. The van der Waals surface area contributed by atoms with Crippen molar-refractivity contribution in [2.45, 2.75) is 39.7 Å². The van der Waals surface area contributed by atoms with Crippen LogP contribution in [0.1, 0.15) is 34.1 Å². The molecule has 1 aliphatic rings. The first-order chi connectivity index (χ1) is 7.86. The van der Waals surface area contributed by atoms with E-state index in [-0.39, 0.29) is 5.54 Å². The van der Waals surface area contributed by atoms with Gasteiger partial charge in [0, 0.05) is 44.7 Å². The number of carbonyl (C=O) groups excluding carboxylic acids is 1. The van der Waals surface area contributed by atoms with Gasteiger partial charge in [-0.3, -0.25) is 9.69 Å².